The monoisotopic (exact) mass is 235 g/mol. The molecular formula is C12H10FNO3. The number of nitriles is 1. The molecule has 5 heteroatoms. The first kappa shape index (κ1) is 12.7. The molecule has 0 amide bonds. The first-order valence-corrected chi connectivity index (χ1v) is 4.77. The van der Waals surface area contributed by atoms with Crippen LogP contribution in [0, 0.1) is 17.1 Å². The summed E-state index contributed by atoms with van der Waals surface area (Å²) in [4.78, 5) is 10.5. The average molecular weight is 235 g/mol. The van der Waals surface area contributed by atoms with E-state index in [1.165, 1.54) is 25.1 Å². The molecule has 0 aliphatic heterocycles. The number of carboxylic acids is 1. The summed E-state index contributed by atoms with van der Waals surface area (Å²) in [5.41, 5.74) is 0.325. The van der Waals surface area contributed by atoms with E-state index < -0.39 is 11.8 Å². The molecule has 0 aliphatic carbocycles. The molecule has 17 heavy (non-hydrogen) atoms. The Morgan fingerprint density at radius 2 is 2.35 bits per heavy atom. The van der Waals surface area contributed by atoms with E-state index in [4.69, 9.17) is 15.1 Å². The van der Waals surface area contributed by atoms with E-state index in [0.717, 1.165) is 6.07 Å². The van der Waals surface area contributed by atoms with Crippen LogP contribution in [0.5, 0.6) is 5.75 Å². The highest BCUT2D eigenvalue weighted by atomic mass is 19.1. The Kier molecular flexibility index (Phi) is 4.23. The quantitative estimate of drug-likeness (QED) is 0.811. The number of nitrogens with zero attached hydrogens (tertiary/aromatic N) is 1. The highest BCUT2D eigenvalue weighted by molar-refractivity contribution is 5.85. The molecule has 0 saturated heterocycles. The summed E-state index contributed by atoms with van der Waals surface area (Å²) in [6.45, 7) is 1.38. The number of halogens is 1. The van der Waals surface area contributed by atoms with Gasteiger partial charge in [0, 0.05) is 5.57 Å². The number of carbonyl (C=O) groups is 1. The summed E-state index contributed by atoms with van der Waals surface area (Å²) in [6.07, 6.45) is 1.33. The van der Waals surface area contributed by atoms with Gasteiger partial charge in [-0.1, -0.05) is 0 Å². The molecule has 0 unspecified atom stereocenters. The van der Waals surface area contributed by atoms with Crippen LogP contribution in [0.15, 0.2) is 29.8 Å². The number of hydrogen-bond donors (Lipinski definition) is 1. The Morgan fingerprint density at radius 1 is 1.65 bits per heavy atom. The third-order valence-electron chi connectivity index (χ3n) is 2.03. The van der Waals surface area contributed by atoms with Gasteiger partial charge in [-0.2, -0.15) is 5.26 Å². The molecule has 0 saturated carbocycles. The Hall–Kier alpha value is -2.35. The summed E-state index contributed by atoms with van der Waals surface area (Å²) in [7, 11) is 0. The van der Waals surface area contributed by atoms with Crippen molar-refractivity contribution in [2.24, 2.45) is 0 Å². The van der Waals surface area contributed by atoms with Crippen LogP contribution in [0.25, 0.3) is 0 Å². The molecule has 0 fully saturated rings. The largest absolute Gasteiger partial charge is 0.486 e. The topological polar surface area (TPSA) is 70.3 Å². The fraction of sp³-hybridized carbons (Fsp3) is 0.167. The van der Waals surface area contributed by atoms with Crippen LogP contribution in [0.1, 0.15) is 12.5 Å². The lowest BCUT2D eigenvalue weighted by atomic mass is 10.2. The molecule has 0 atom stereocenters. The molecule has 0 aliphatic rings. The van der Waals surface area contributed by atoms with Crippen molar-refractivity contribution in [3.8, 4) is 11.8 Å². The van der Waals surface area contributed by atoms with Crippen molar-refractivity contribution in [3.05, 3.63) is 41.2 Å². The Bertz CT molecular complexity index is 503. The zero-order chi connectivity index (χ0) is 12.8. The first-order valence-electron chi connectivity index (χ1n) is 4.77. The van der Waals surface area contributed by atoms with Gasteiger partial charge >= 0.3 is 5.97 Å². The van der Waals surface area contributed by atoms with Crippen molar-refractivity contribution in [1.82, 2.24) is 0 Å². The van der Waals surface area contributed by atoms with Gasteiger partial charge in [0.2, 0.25) is 0 Å². The lowest BCUT2D eigenvalue weighted by molar-refractivity contribution is -0.132. The van der Waals surface area contributed by atoms with E-state index in [9.17, 15) is 9.18 Å². The van der Waals surface area contributed by atoms with Crippen LogP contribution in [-0.4, -0.2) is 17.7 Å². The van der Waals surface area contributed by atoms with Crippen molar-refractivity contribution in [3.63, 3.8) is 0 Å². The maximum absolute atomic E-state index is 13.3. The predicted molar refractivity (Wildman–Crippen MR) is 58.0 cm³/mol. The van der Waals surface area contributed by atoms with Crippen molar-refractivity contribution in [1.29, 1.82) is 5.26 Å². The number of ether oxygens (including phenoxy) is 1. The van der Waals surface area contributed by atoms with Crippen LogP contribution < -0.4 is 4.74 Å². The van der Waals surface area contributed by atoms with Gasteiger partial charge in [0.15, 0.2) is 11.6 Å². The van der Waals surface area contributed by atoms with E-state index in [-0.39, 0.29) is 23.5 Å². The molecule has 1 N–H and O–H groups in total. The Balaban J connectivity index is 2.68. The minimum absolute atomic E-state index is 0.0153. The molecule has 0 bridgehead atoms. The molecular weight excluding hydrogens is 225 g/mol. The van der Waals surface area contributed by atoms with Gasteiger partial charge in [-0.3, -0.25) is 0 Å². The predicted octanol–water partition coefficient (Wildman–Crippen LogP) is 2.11. The highest BCUT2D eigenvalue weighted by Crippen LogP contribution is 2.17. The summed E-state index contributed by atoms with van der Waals surface area (Å²) < 4.78 is 18.3. The maximum atomic E-state index is 13.3. The molecule has 0 aromatic heterocycles. The summed E-state index contributed by atoms with van der Waals surface area (Å²) in [5.74, 6) is -1.71. The first-order chi connectivity index (χ1) is 8.04. The zero-order valence-corrected chi connectivity index (χ0v) is 9.11. The van der Waals surface area contributed by atoms with Crippen LogP contribution >= 0.6 is 0 Å². The number of rotatable bonds is 4. The zero-order valence-electron chi connectivity index (χ0n) is 9.11. The smallest absolute Gasteiger partial charge is 0.331 e. The summed E-state index contributed by atoms with van der Waals surface area (Å²) in [5, 5.41) is 17.1. The average Bonchev–Trinajstić information content (AvgIpc) is 2.30. The van der Waals surface area contributed by atoms with Gasteiger partial charge < -0.3 is 9.84 Å². The lowest BCUT2D eigenvalue weighted by Crippen LogP contribution is -2.01. The second-order valence-electron chi connectivity index (χ2n) is 3.26. The molecule has 4 nitrogen and oxygen atoms in total. The molecule has 88 valence electrons. The van der Waals surface area contributed by atoms with E-state index >= 15 is 0 Å². The maximum Gasteiger partial charge on any atom is 0.331 e. The number of benzene rings is 1. The van der Waals surface area contributed by atoms with Crippen LogP contribution in [0.2, 0.25) is 0 Å². The fourth-order valence-electron chi connectivity index (χ4n) is 1.03. The molecule has 1 rings (SSSR count). The van der Waals surface area contributed by atoms with Crippen molar-refractivity contribution < 1.29 is 19.0 Å². The van der Waals surface area contributed by atoms with Crippen molar-refractivity contribution in [2.45, 2.75) is 6.92 Å². The number of hydrogen-bond acceptors (Lipinski definition) is 3. The third kappa shape index (κ3) is 3.61. The molecule has 1 aromatic rings. The standard InChI is InChI=1S/C12H10FNO3/c1-8(12(15)16)4-5-17-11-3-2-9(7-14)6-10(11)13/h2-4,6H,5H2,1H3,(H,15,16)/b8-4-. The second kappa shape index (κ2) is 5.66. The van der Waals surface area contributed by atoms with Crippen LogP contribution in [0.3, 0.4) is 0 Å². The van der Waals surface area contributed by atoms with Crippen LogP contribution in [0.4, 0.5) is 4.39 Å². The second-order valence-corrected chi connectivity index (χ2v) is 3.26. The van der Waals surface area contributed by atoms with Gasteiger partial charge in [0.05, 0.1) is 11.6 Å². The van der Waals surface area contributed by atoms with E-state index in [1.807, 2.05) is 0 Å². The molecule has 0 heterocycles. The van der Waals surface area contributed by atoms with Gasteiger partial charge in [-0.05, 0) is 31.2 Å². The van der Waals surface area contributed by atoms with Crippen molar-refractivity contribution >= 4 is 5.97 Å². The summed E-state index contributed by atoms with van der Waals surface area (Å²) >= 11 is 0. The highest BCUT2D eigenvalue weighted by Gasteiger charge is 2.04. The minimum Gasteiger partial charge on any atom is -0.486 e. The van der Waals surface area contributed by atoms with Crippen LogP contribution in [-0.2, 0) is 4.79 Å². The number of carboxylic acid groups (broad SMARTS) is 1. The SMILES string of the molecule is C/C(=C/COc1ccc(C#N)cc1F)C(=O)O. The third-order valence-corrected chi connectivity index (χ3v) is 2.03. The van der Waals surface area contributed by atoms with Gasteiger partial charge in [0.1, 0.15) is 6.61 Å². The molecule has 0 spiro atoms. The lowest BCUT2D eigenvalue weighted by Gasteiger charge is -2.04. The van der Waals surface area contributed by atoms with E-state index in [0.29, 0.717) is 0 Å². The normalized spacial score (nSPS) is 10.8. The van der Waals surface area contributed by atoms with Gasteiger partial charge in [-0.25, -0.2) is 9.18 Å². The molecule has 0 radical (unpaired) electrons. The van der Waals surface area contributed by atoms with Gasteiger partial charge in [-0.15, -0.1) is 0 Å². The fourth-order valence-corrected chi connectivity index (χ4v) is 1.03. The van der Waals surface area contributed by atoms with E-state index in [2.05, 4.69) is 0 Å². The Labute approximate surface area is 97.6 Å². The van der Waals surface area contributed by atoms with E-state index in [1.54, 1.807) is 6.07 Å². The number of aliphatic carboxylic acids is 1. The minimum atomic E-state index is -1.05. The molecule has 1 aromatic carbocycles. The van der Waals surface area contributed by atoms with Crippen molar-refractivity contribution in [2.75, 3.05) is 6.61 Å². The summed E-state index contributed by atoms with van der Waals surface area (Å²) in [6, 6.07) is 5.61. The van der Waals surface area contributed by atoms with Gasteiger partial charge in [0.25, 0.3) is 0 Å². The Morgan fingerprint density at radius 3 is 2.88 bits per heavy atom.